The number of anilines is 1. The zero-order valence-corrected chi connectivity index (χ0v) is 15.6. The van der Waals surface area contributed by atoms with Crippen molar-refractivity contribution in [1.29, 1.82) is 5.41 Å². The molecule has 0 radical (unpaired) electrons. The van der Waals surface area contributed by atoms with Gasteiger partial charge in [0.25, 0.3) is 12.3 Å². The van der Waals surface area contributed by atoms with E-state index in [1.807, 2.05) is 19.1 Å². The van der Waals surface area contributed by atoms with Gasteiger partial charge >= 0.3 is 0 Å². The van der Waals surface area contributed by atoms with Crippen LogP contribution in [0, 0.1) is 12.3 Å². The highest BCUT2D eigenvalue weighted by Crippen LogP contribution is 2.34. The summed E-state index contributed by atoms with van der Waals surface area (Å²) in [7, 11) is 0. The standard InChI is InChI=1S/C21H22F2N4O/c1-12-4-7-18-14(9-12)3-2-8-27(18)21(28)15(11-24)20-25-16(13-5-6-13)10-17(26-20)19(22)23/h4,7,9-11,19,24-26H,2-3,5-6,8H2,1H3/b20-15+,24-11?. The number of carbonyl (C=O) groups excluding carboxylic acids is 1. The molecule has 7 heteroatoms. The molecule has 0 saturated heterocycles. The minimum atomic E-state index is -2.69. The predicted molar refractivity (Wildman–Crippen MR) is 104 cm³/mol. The fourth-order valence-corrected chi connectivity index (χ4v) is 3.64. The Balaban J connectivity index is 1.71. The molecule has 0 bridgehead atoms. The summed E-state index contributed by atoms with van der Waals surface area (Å²) >= 11 is 0. The van der Waals surface area contributed by atoms with Crippen molar-refractivity contribution in [3.05, 3.63) is 63.8 Å². The summed E-state index contributed by atoms with van der Waals surface area (Å²) in [6.45, 7) is 2.54. The van der Waals surface area contributed by atoms with Crippen LogP contribution in [0.25, 0.3) is 0 Å². The van der Waals surface area contributed by atoms with Gasteiger partial charge < -0.3 is 20.9 Å². The molecule has 0 atom stereocenters. The van der Waals surface area contributed by atoms with E-state index in [4.69, 9.17) is 5.41 Å². The number of allylic oxidation sites excluding steroid dienone is 3. The molecule has 2 heterocycles. The van der Waals surface area contributed by atoms with E-state index in [1.54, 1.807) is 4.90 Å². The quantitative estimate of drug-likeness (QED) is 0.552. The Hall–Kier alpha value is -2.96. The summed E-state index contributed by atoms with van der Waals surface area (Å²) in [6.07, 6.45) is 3.06. The summed E-state index contributed by atoms with van der Waals surface area (Å²) < 4.78 is 26.7. The number of amides is 1. The lowest BCUT2D eigenvalue weighted by Gasteiger charge is -2.31. The van der Waals surface area contributed by atoms with Crippen LogP contribution in [0.5, 0.6) is 0 Å². The lowest BCUT2D eigenvalue weighted by Crippen LogP contribution is -2.41. The third-order valence-corrected chi connectivity index (χ3v) is 5.19. The highest BCUT2D eigenvalue weighted by atomic mass is 19.3. The van der Waals surface area contributed by atoms with Gasteiger partial charge in [-0.25, -0.2) is 8.78 Å². The summed E-state index contributed by atoms with van der Waals surface area (Å²) in [5.74, 6) is -0.225. The second-order valence-electron chi connectivity index (χ2n) is 7.29. The Bertz CT molecular complexity index is 940. The molecule has 1 saturated carbocycles. The number of nitrogens with zero attached hydrogens (tertiary/aromatic N) is 1. The SMILES string of the molecule is Cc1ccc2c(c1)CCCN2C(=O)/C(C=N)=C1/NC(C(F)F)=CC(=C2CC2)N1. The van der Waals surface area contributed by atoms with Crippen LogP contribution in [0.4, 0.5) is 14.5 Å². The summed E-state index contributed by atoms with van der Waals surface area (Å²) in [5, 5.41) is 13.5. The van der Waals surface area contributed by atoms with E-state index in [1.165, 1.54) is 6.08 Å². The fraction of sp³-hybridized carbons (Fsp3) is 0.333. The molecule has 2 aliphatic heterocycles. The smallest absolute Gasteiger partial charge is 0.278 e. The second kappa shape index (κ2) is 7.22. The minimum Gasteiger partial charge on any atom is -0.341 e. The van der Waals surface area contributed by atoms with Gasteiger partial charge in [0.1, 0.15) is 5.82 Å². The molecule has 1 fully saturated rings. The van der Waals surface area contributed by atoms with Crippen LogP contribution in [0.15, 0.2) is 52.6 Å². The first kappa shape index (κ1) is 18.4. The maximum absolute atomic E-state index is 13.4. The zero-order valence-electron chi connectivity index (χ0n) is 15.6. The number of aryl methyl sites for hydroxylation is 2. The van der Waals surface area contributed by atoms with E-state index >= 15 is 0 Å². The van der Waals surface area contributed by atoms with Crippen LogP contribution < -0.4 is 15.5 Å². The van der Waals surface area contributed by atoms with Gasteiger partial charge in [-0.15, -0.1) is 0 Å². The number of hydrogen-bond acceptors (Lipinski definition) is 4. The van der Waals surface area contributed by atoms with Crippen molar-refractivity contribution in [3.8, 4) is 0 Å². The molecule has 146 valence electrons. The first-order valence-electron chi connectivity index (χ1n) is 9.40. The number of carbonyl (C=O) groups is 1. The third-order valence-electron chi connectivity index (χ3n) is 5.19. The molecule has 28 heavy (non-hydrogen) atoms. The number of hydrogen-bond donors (Lipinski definition) is 3. The summed E-state index contributed by atoms with van der Waals surface area (Å²) in [5.41, 5.74) is 4.47. The van der Waals surface area contributed by atoms with Crippen molar-refractivity contribution in [2.24, 2.45) is 0 Å². The van der Waals surface area contributed by atoms with Crippen LogP contribution in [0.2, 0.25) is 0 Å². The van der Waals surface area contributed by atoms with Gasteiger partial charge in [0, 0.05) is 24.1 Å². The Kier molecular flexibility index (Phi) is 4.75. The van der Waals surface area contributed by atoms with E-state index in [-0.39, 0.29) is 23.0 Å². The molecule has 0 spiro atoms. The van der Waals surface area contributed by atoms with Gasteiger partial charge in [0.2, 0.25) is 0 Å². The molecule has 1 aromatic carbocycles. The van der Waals surface area contributed by atoms with Crippen molar-refractivity contribution in [2.75, 3.05) is 11.4 Å². The molecule has 4 rings (SSSR count). The Morgan fingerprint density at radius 3 is 2.71 bits per heavy atom. The lowest BCUT2D eigenvalue weighted by atomic mass is 9.99. The molecule has 1 amide bonds. The Morgan fingerprint density at radius 2 is 2.04 bits per heavy atom. The van der Waals surface area contributed by atoms with Crippen LogP contribution in [0.1, 0.15) is 30.4 Å². The molecule has 3 N–H and O–H groups in total. The largest absolute Gasteiger partial charge is 0.341 e. The average molecular weight is 384 g/mol. The number of alkyl halides is 2. The van der Waals surface area contributed by atoms with Crippen LogP contribution in [-0.4, -0.2) is 25.1 Å². The highest BCUT2D eigenvalue weighted by Gasteiger charge is 2.30. The monoisotopic (exact) mass is 384 g/mol. The van der Waals surface area contributed by atoms with Crippen molar-refractivity contribution < 1.29 is 13.6 Å². The second-order valence-corrected chi connectivity index (χ2v) is 7.29. The number of halogens is 2. The maximum Gasteiger partial charge on any atom is 0.278 e. The molecular weight excluding hydrogens is 362 g/mol. The van der Waals surface area contributed by atoms with Crippen molar-refractivity contribution >= 4 is 17.8 Å². The van der Waals surface area contributed by atoms with E-state index in [0.717, 1.165) is 54.3 Å². The molecule has 1 aromatic rings. The number of benzene rings is 1. The molecule has 3 aliphatic rings. The van der Waals surface area contributed by atoms with Crippen molar-refractivity contribution in [2.45, 2.75) is 39.0 Å². The maximum atomic E-state index is 13.4. The zero-order chi connectivity index (χ0) is 19.8. The van der Waals surface area contributed by atoms with Gasteiger partial charge in [0.15, 0.2) is 0 Å². The molecule has 0 unspecified atom stereocenters. The Labute approximate surface area is 162 Å². The Morgan fingerprint density at radius 1 is 1.25 bits per heavy atom. The first-order valence-corrected chi connectivity index (χ1v) is 9.40. The molecular formula is C21H22F2N4O. The third kappa shape index (κ3) is 3.44. The van der Waals surface area contributed by atoms with Gasteiger partial charge in [-0.05, 0) is 55.9 Å². The molecule has 0 aromatic heterocycles. The van der Waals surface area contributed by atoms with E-state index in [9.17, 15) is 13.6 Å². The average Bonchev–Trinajstić information content (AvgIpc) is 3.53. The van der Waals surface area contributed by atoms with Gasteiger partial charge in [0.05, 0.1) is 11.3 Å². The van der Waals surface area contributed by atoms with E-state index in [2.05, 4.69) is 16.7 Å². The number of rotatable bonds is 3. The van der Waals surface area contributed by atoms with Gasteiger partial charge in [-0.1, -0.05) is 17.7 Å². The normalized spacial score (nSPS) is 20.1. The molecule has 1 aliphatic carbocycles. The molecule has 5 nitrogen and oxygen atoms in total. The van der Waals surface area contributed by atoms with Crippen molar-refractivity contribution in [3.63, 3.8) is 0 Å². The number of fused-ring (bicyclic) bond motifs is 1. The van der Waals surface area contributed by atoms with Gasteiger partial charge in [-0.3, -0.25) is 4.79 Å². The van der Waals surface area contributed by atoms with E-state index in [0.29, 0.717) is 12.2 Å². The number of nitrogens with one attached hydrogen (secondary N) is 3. The van der Waals surface area contributed by atoms with Gasteiger partial charge in [-0.2, -0.15) is 0 Å². The summed E-state index contributed by atoms with van der Waals surface area (Å²) in [4.78, 5) is 14.9. The topological polar surface area (TPSA) is 68.2 Å². The lowest BCUT2D eigenvalue weighted by molar-refractivity contribution is -0.114. The first-order chi connectivity index (χ1) is 13.5. The van der Waals surface area contributed by atoms with Crippen molar-refractivity contribution in [1.82, 2.24) is 10.6 Å². The summed E-state index contributed by atoms with van der Waals surface area (Å²) in [6, 6.07) is 5.93. The van der Waals surface area contributed by atoms with Crippen LogP contribution >= 0.6 is 0 Å². The predicted octanol–water partition coefficient (Wildman–Crippen LogP) is 3.53. The van der Waals surface area contributed by atoms with E-state index < -0.39 is 6.43 Å². The minimum absolute atomic E-state index is 0.0402. The van der Waals surface area contributed by atoms with Crippen LogP contribution in [-0.2, 0) is 11.2 Å². The van der Waals surface area contributed by atoms with Crippen LogP contribution in [0.3, 0.4) is 0 Å². The highest BCUT2D eigenvalue weighted by molar-refractivity contribution is 6.19. The fourth-order valence-electron chi connectivity index (χ4n) is 3.64.